The molecule has 0 radical (unpaired) electrons. The fourth-order valence-electron chi connectivity index (χ4n) is 4.77. The quantitative estimate of drug-likeness (QED) is 0.810. The van der Waals surface area contributed by atoms with Gasteiger partial charge in [0.15, 0.2) is 17.8 Å². The fraction of sp³-hybridized carbons (Fsp3) is 0.500. The number of piperazine rings is 1. The second kappa shape index (κ2) is 8.20. The van der Waals surface area contributed by atoms with Crippen LogP contribution in [0.2, 0.25) is 0 Å². The lowest BCUT2D eigenvalue weighted by atomic mass is 10.1. The molecule has 4 unspecified atom stereocenters. The zero-order valence-corrected chi connectivity index (χ0v) is 16.8. The zero-order valence-electron chi connectivity index (χ0n) is 16.8. The Morgan fingerprint density at radius 3 is 2.83 bits per heavy atom. The summed E-state index contributed by atoms with van der Waals surface area (Å²) in [4.78, 5) is 34.3. The Bertz CT molecular complexity index is 909. The van der Waals surface area contributed by atoms with Gasteiger partial charge in [-0.25, -0.2) is 4.98 Å². The largest absolute Gasteiger partial charge is 0.445 e. The Morgan fingerprint density at radius 2 is 2.03 bits per heavy atom. The topological polar surface area (TPSA) is 87.9 Å². The molecule has 3 aliphatic heterocycles. The second-order valence-corrected chi connectivity index (χ2v) is 8.19. The number of nitrogens with zero attached hydrogens (tertiary/aromatic N) is 3. The van der Waals surface area contributed by atoms with Crippen molar-refractivity contribution in [3.63, 3.8) is 0 Å². The van der Waals surface area contributed by atoms with Gasteiger partial charge in [-0.05, 0) is 31.4 Å². The first-order valence-corrected chi connectivity index (χ1v) is 10.6. The van der Waals surface area contributed by atoms with E-state index in [4.69, 9.17) is 9.15 Å². The number of aromatic nitrogens is 1. The average Bonchev–Trinajstić information content (AvgIpc) is 3.54. The van der Waals surface area contributed by atoms with E-state index >= 15 is 0 Å². The number of fused-ring (bicyclic) bond motifs is 2. The molecule has 2 bridgehead atoms. The van der Waals surface area contributed by atoms with E-state index in [1.165, 1.54) is 6.39 Å². The van der Waals surface area contributed by atoms with Crippen LogP contribution >= 0.6 is 0 Å². The van der Waals surface area contributed by atoms with Gasteiger partial charge in [0.05, 0.1) is 0 Å². The predicted molar refractivity (Wildman–Crippen MR) is 108 cm³/mol. The van der Waals surface area contributed by atoms with Gasteiger partial charge in [-0.1, -0.05) is 18.2 Å². The third-order valence-corrected chi connectivity index (χ3v) is 6.37. The number of oxazole rings is 1. The van der Waals surface area contributed by atoms with Crippen LogP contribution in [0.15, 0.2) is 41.1 Å². The molecule has 0 saturated carbocycles. The minimum Gasteiger partial charge on any atom is -0.445 e. The molecule has 2 aromatic rings. The standard InChI is InChI=1S/C22H26N4O4/c27-21(19-20(30-14-24-19)18-7-4-10-29-18)23-11-17-13-26(16-8-9-25(17)12-16)22(28)15-5-2-1-3-6-15/h1-3,5-6,14,16-18H,4,7-13H2,(H,23,27). The van der Waals surface area contributed by atoms with Crippen LogP contribution in [0.4, 0.5) is 0 Å². The van der Waals surface area contributed by atoms with Gasteiger partial charge >= 0.3 is 0 Å². The average molecular weight is 410 g/mol. The molecule has 8 heteroatoms. The molecule has 1 N–H and O–H groups in total. The Kier molecular flexibility index (Phi) is 5.26. The molecular weight excluding hydrogens is 384 g/mol. The number of hydrogen-bond acceptors (Lipinski definition) is 6. The lowest BCUT2D eigenvalue weighted by Crippen LogP contribution is -2.57. The number of ether oxygens (including phenoxy) is 1. The van der Waals surface area contributed by atoms with Gasteiger partial charge in [-0.2, -0.15) is 0 Å². The lowest BCUT2D eigenvalue weighted by molar-refractivity contribution is 0.0492. The molecule has 3 aliphatic rings. The maximum atomic E-state index is 13.0. The summed E-state index contributed by atoms with van der Waals surface area (Å²) in [6, 6.07) is 9.73. The summed E-state index contributed by atoms with van der Waals surface area (Å²) in [6.07, 6.45) is 3.87. The first-order valence-electron chi connectivity index (χ1n) is 10.6. The monoisotopic (exact) mass is 410 g/mol. The van der Waals surface area contributed by atoms with Crippen molar-refractivity contribution in [2.45, 2.75) is 37.5 Å². The Balaban J connectivity index is 1.25. The van der Waals surface area contributed by atoms with Crippen LogP contribution in [0.1, 0.15) is 52.0 Å². The van der Waals surface area contributed by atoms with Crippen LogP contribution in [0.25, 0.3) is 0 Å². The molecule has 5 rings (SSSR count). The molecule has 158 valence electrons. The fourth-order valence-corrected chi connectivity index (χ4v) is 4.77. The lowest BCUT2D eigenvalue weighted by Gasteiger charge is -2.40. The van der Waals surface area contributed by atoms with Gasteiger partial charge in [0.1, 0.15) is 6.10 Å². The predicted octanol–water partition coefficient (Wildman–Crippen LogP) is 1.85. The number of nitrogens with one attached hydrogen (secondary N) is 1. The van der Waals surface area contributed by atoms with E-state index in [0.29, 0.717) is 36.7 Å². The Labute approximate surface area is 175 Å². The molecular formula is C22H26N4O4. The molecule has 1 aromatic heterocycles. The summed E-state index contributed by atoms with van der Waals surface area (Å²) >= 11 is 0. The van der Waals surface area contributed by atoms with E-state index in [9.17, 15) is 9.59 Å². The maximum Gasteiger partial charge on any atom is 0.273 e. The number of carbonyl (C=O) groups is 2. The van der Waals surface area contributed by atoms with E-state index in [0.717, 1.165) is 32.4 Å². The minimum atomic E-state index is -0.253. The second-order valence-electron chi connectivity index (χ2n) is 8.19. The van der Waals surface area contributed by atoms with Gasteiger partial charge in [0.25, 0.3) is 11.8 Å². The van der Waals surface area contributed by atoms with E-state index in [1.54, 1.807) is 0 Å². The molecule has 30 heavy (non-hydrogen) atoms. The molecule has 4 heterocycles. The molecule has 2 amide bonds. The van der Waals surface area contributed by atoms with E-state index in [1.807, 2.05) is 35.2 Å². The number of carbonyl (C=O) groups excluding carboxylic acids is 2. The van der Waals surface area contributed by atoms with Crippen LogP contribution in [0, 0.1) is 0 Å². The molecule has 8 nitrogen and oxygen atoms in total. The number of hydrogen-bond donors (Lipinski definition) is 1. The SMILES string of the molecule is O=C(NCC1CN(C(=O)c2ccccc2)C2CCN1C2)c1ncoc1C1CCCO1. The third-order valence-electron chi connectivity index (χ3n) is 6.37. The highest BCUT2D eigenvalue weighted by Gasteiger charge is 2.41. The van der Waals surface area contributed by atoms with Crippen molar-refractivity contribution in [2.24, 2.45) is 0 Å². The van der Waals surface area contributed by atoms with Crippen molar-refractivity contribution in [1.82, 2.24) is 20.1 Å². The van der Waals surface area contributed by atoms with Crippen LogP contribution in [0.5, 0.6) is 0 Å². The van der Waals surface area contributed by atoms with Crippen molar-refractivity contribution < 1.29 is 18.7 Å². The van der Waals surface area contributed by atoms with Crippen molar-refractivity contribution in [3.05, 3.63) is 53.7 Å². The summed E-state index contributed by atoms with van der Waals surface area (Å²) < 4.78 is 11.1. The molecule has 4 atom stereocenters. The van der Waals surface area contributed by atoms with Gasteiger partial charge in [-0.15, -0.1) is 0 Å². The highest BCUT2D eigenvalue weighted by molar-refractivity contribution is 5.95. The van der Waals surface area contributed by atoms with Gasteiger partial charge in [0, 0.05) is 50.4 Å². The highest BCUT2D eigenvalue weighted by Crippen LogP contribution is 2.30. The molecule has 3 saturated heterocycles. The summed E-state index contributed by atoms with van der Waals surface area (Å²) in [5, 5.41) is 3.00. The summed E-state index contributed by atoms with van der Waals surface area (Å²) in [5.41, 5.74) is 1.01. The Morgan fingerprint density at radius 1 is 1.17 bits per heavy atom. The highest BCUT2D eigenvalue weighted by atomic mass is 16.5. The summed E-state index contributed by atoms with van der Waals surface area (Å²) in [5.74, 6) is 0.322. The minimum absolute atomic E-state index is 0.0654. The van der Waals surface area contributed by atoms with Gasteiger partial charge < -0.3 is 19.4 Å². The molecule has 0 aliphatic carbocycles. The summed E-state index contributed by atoms with van der Waals surface area (Å²) in [6.45, 7) is 3.53. The molecule has 0 spiro atoms. The first-order chi connectivity index (χ1) is 14.7. The molecule has 1 aromatic carbocycles. The van der Waals surface area contributed by atoms with Crippen molar-refractivity contribution in [2.75, 3.05) is 32.8 Å². The Hall–Kier alpha value is -2.71. The number of amides is 2. The van der Waals surface area contributed by atoms with Crippen molar-refractivity contribution in [1.29, 1.82) is 0 Å². The van der Waals surface area contributed by atoms with Gasteiger partial charge in [-0.3, -0.25) is 14.5 Å². The van der Waals surface area contributed by atoms with E-state index < -0.39 is 0 Å². The smallest absolute Gasteiger partial charge is 0.273 e. The zero-order chi connectivity index (χ0) is 20.5. The van der Waals surface area contributed by atoms with Crippen LogP contribution in [0.3, 0.4) is 0 Å². The normalized spacial score (nSPS) is 27.9. The number of benzene rings is 1. The third kappa shape index (κ3) is 3.61. The van der Waals surface area contributed by atoms with Crippen molar-refractivity contribution in [3.8, 4) is 0 Å². The first kappa shape index (κ1) is 19.3. The van der Waals surface area contributed by atoms with Crippen molar-refractivity contribution >= 4 is 11.8 Å². The maximum absolute atomic E-state index is 13.0. The van der Waals surface area contributed by atoms with E-state index in [2.05, 4.69) is 15.2 Å². The van der Waals surface area contributed by atoms with Crippen LogP contribution < -0.4 is 5.32 Å². The van der Waals surface area contributed by atoms with Crippen LogP contribution in [-0.4, -0.2) is 71.5 Å². The summed E-state index contributed by atoms with van der Waals surface area (Å²) in [7, 11) is 0. The van der Waals surface area contributed by atoms with Gasteiger partial charge in [0.2, 0.25) is 0 Å². The van der Waals surface area contributed by atoms with E-state index in [-0.39, 0.29) is 30.0 Å². The number of rotatable bonds is 5. The molecule has 3 fully saturated rings. The van der Waals surface area contributed by atoms with Crippen LogP contribution in [-0.2, 0) is 4.74 Å².